The van der Waals surface area contributed by atoms with E-state index >= 15 is 0 Å². The molecule has 1 unspecified atom stereocenters. The lowest BCUT2D eigenvalue weighted by Gasteiger charge is -2.30. The fourth-order valence-electron chi connectivity index (χ4n) is 2.93. The van der Waals surface area contributed by atoms with E-state index in [1.54, 1.807) is 4.90 Å². The highest BCUT2D eigenvalue weighted by atomic mass is 16.5. The lowest BCUT2D eigenvalue weighted by atomic mass is 10.1. The van der Waals surface area contributed by atoms with Crippen LogP contribution in [0.2, 0.25) is 0 Å². The molecule has 2 rings (SSSR count). The smallest absolute Gasteiger partial charge is 0.261 e. The van der Waals surface area contributed by atoms with Gasteiger partial charge in [0.1, 0.15) is 11.8 Å². The van der Waals surface area contributed by atoms with Crippen molar-refractivity contribution in [2.24, 2.45) is 0 Å². The van der Waals surface area contributed by atoms with Crippen LogP contribution in [0.5, 0.6) is 5.75 Å². The minimum atomic E-state index is -0.500. The number of carbonyl (C=O) groups is 2. The lowest BCUT2D eigenvalue weighted by Crippen LogP contribution is -2.51. The van der Waals surface area contributed by atoms with Gasteiger partial charge < -0.3 is 15.0 Å². The molecule has 0 radical (unpaired) electrons. The maximum atomic E-state index is 12.9. The average molecular weight is 368 g/mol. The van der Waals surface area contributed by atoms with E-state index in [2.05, 4.69) is 5.32 Å². The van der Waals surface area contributed by atoms with Crippen LogP contribution in [-0.2, 0) is 16.0 Å². The molecule has 0 saturated heterocycles. The molecule has 2 aromatic carbocycles. The Morgan fingerprint density at radius 1 is 1.00 bits per heavy atom. The van der Waals surface area contributed by atoms with Gasteiger partial charge in [-0.3, -0.25) is 9.59 Å². The van der Waals surface area contributed by atoms with E-state index in [0.29, 0.717) is 31.7 Å². The maximum absolute atomic E-state index is 12.9. The molecule has 144 valence electrons. The van der Waals surface area contributed by atoms with Gasteiger partial charge in [0.25, 0.3) is 5.91 Å². The summed E-state index contributed by atoms with van der Waals surface area (Å²) in [6, 6.07) is 18.7. The molecule has 1 N–H and O–H groups in total. The van der Waals surface area contributed by atoms with E-state index in [1.165, 1.54) is 0 Å². The van der Waals surface area contributed by atoms with E-state index < -0.39 is 6.04 Å². The Labute approximate surface area is 161 Å². The summed E-state index contributed by atoms with van der Waals surface area (Å²) in [5, 5.41) is 2.83. The van der Waals surface area contributed by atoms with Crippen molar-refractivity contribution >= 4 is 11.8 Å². The highest BCUT2D eigenvalue weighted by Gasteiger charge is 2.28. The molecule has 0 aliphatic rings. The summed E-state index contributed by atoms with van der Waals surface area (Å²) >= 11 is 0. The number of likely N-dealkylation sites (N-methyl/N-ethyl adjacent to an activating group) is 1. The normalized spacial score (nSPS) is 11.5. The number of para-hydroxylation sites is 1. The number of rotatable bonds is 10. The zero-order chi connectivity index (χ0) is 19.5. The van der Waals surface area contributed by atoms with E-state index in [9.17, 15) is 9.59 Å². The Balaban J connectivity index is 2.08. The van der Waals surface area contributed by atoms with Gasteiger partial charge in [0.2, 0.25) is 5.91 Å². The fourth-order valence-corrected chi connectivity index (χ4v) is 2.93. The molecule has 0 aliphatic carbocycles. The first-order valence-corrected chi connectivity index (χ1v) is 9.44. The van der Waals surface area contributed by atoms with E-state index in [1.807, 2.05) is 74.5 Å². The number of benzene rings is 2. The molecule has 27 heavy (non-hydrogen) atoms. The van der Waals surface area contributed by atoms with Gasteiger partial charge in [-0.05, 0) is 37.5 Å². The summed E-state index contributed by atoms with van der Waals surface area (Å²) in [5.41, 5.74) is 1.13. The van der Waals surface area contributed by atoms with Crippen LogP contribution < -0.4 is 10.1 Å². The van der Waals surface area contributed by atoms with Gasteiger partial charge in [-0.25, -0.2) is 0 Å². The number of amides is 2. The Hall–Kier alpha value is -2.82. The van der Waals surface area contributed by atoms with Gasteiger partial charge in [-0.15, -0.1) is 0 Å². The van der Waals surface area contributed by atoms with Crippen LogP contribution in [-0.4, -0.2) is 42.5 Å². The first-order valence-electron chi connectivity index (χ1n) is 9.44. The van der Waals surface area contributed by atoms with Gasteiger partial charge in [-0.2, -0.15) is 0 Å². The summed E-state index contributed by atoms with van der Waals surface area (Å²) in [6.45, 7) is 4.71. The van der Waals surface area contributed by atoms with Crippen LogP contribution in [0.3, 0.4) is 0 Å². The minimum absolute atomic E-state index is 0.0886. The molecule has 0 aliphatic heterocycles. The third-order valence-corrected chi connectivity index (χ3v) is 4.33. The van der Waals surface area contributed by atoms with Crippen molar-refractivity contribution in [1.82, 2.24) is 10.2 Å². The zero-order valence-corrected chi connectivity index (χ0v) is 16.1. The van der Waals surface area contributed by atoms with Crippen LogP contribution in [0.1, 0.15) is 25.8 Å². The molecular formula is C22H28N2O3. The first-order chi connectivity index (χ1) is 13.2. The molecule has 0 spiro atoms. The number of nitrogens with zero attached hydrogens (tertiary/aromatic N) is 1. The molecule has 2 amide bonds. The zero-order valence-electron chi connectivity index (χ0n) is 16.1. The van der Waals surface area contributed by atoms with Gasteiger partial charge in [0.15, 0.2) is 6.61 Å². The van der Waals surface area contributed by atoms with E-state index in [-0.39, 0.29) is 18.4 Å². The number of nitrogens with one attached hydrogen (secondary N) is 1. The molecule has 5 nitrogen and oxygen atoms in total. The first kappa shape index (κ1) is 20.5. The van der Waals surface area contributed by atoms with Crippen molar-refractivity contribution in [3.05, 3.63) is 66.2 Å². The monoisotopic (exact) mass is 368 g/mol. The van der Waals surface area contributed by atoms with Gasteiger partial charge in [0.05, 0.1) is 0 Å². The highest BCUT2D eigenvalue weighted by Crippen LogP contribution is 2.12. The third-order valence-electron chi connectivity index (χ3n) is 4.33. The quantitative estimate of drug-likeness (QED) is 0.701. The largest absolute Gasteiger partial charge is 0.484 e. The molecule has 5 heteroatoms. The second-order valence-corrected chi connectivity index (χ2v) is 6.24. The van der Waals surface area contributed by atoms with Gasteiger partial charge in [0, 0.05) is 13.1 Å². The number of hydrogen-bond acceptors (Lipinski definition) is 3. The third kappa shape index (κ3) is 6.44. The Morgan fingerprint density at radius 3 is 2.22 bits per heavy atom. The summed E-state index contributed by atoms with van der Waals surface area (Å²) in [5.74, 6) is 0.328. The van der Waals surface area contributed by atoms with Crippen LogP contribution in [0.25, 0.3) is 0 Å². The molecule has 0 heterocycles. The SMILES string of the molecule is CCNC(=O)C(CC)N(CCc1ccccc1)C(=O)COc1ccccc1. The van der Waals surface area contributed by atoms with Gasteiger partial charge in [-0.1, -0.05) is 55.5 Å². The number of carbonyl (C=O) groups excluding carboxylic acids is 2. The standard InChI is InChI=1S/C22H28N2O3/c1-3-20(22(26)23-4-2)24(16-15-18-11-7-5-8-12-18)21(25)17-27-19-13-9-6-10-14-19/h5-14,20H,3-4,15-17H2,1-2H3,(H,23,26). The van der Waals surface area contributed by atoms with Crippen molar-refractivity contribution in [3.63, 3.8) is 0 Å². The molecule has 0 bridgehead atoms. The van der Waals surface area contributed by atoms with Crippen molar-refractivity contribution in [3.8, 4) is 5.75 Å². The van der Waals surface area contributed by atoms with E-state index in [4.69, 9.17) is 4.74 Å². The summed E-state index contributed by atoms with van der Waals surface area (Å²) < 4.78 is 5.61. The van der Waals surface area contributed by atoms with Crippen LogP contribution in [0, 0.1) is 0 Å². The number of hydrogen-bond donors (Lipinski definition) is 1. The van der Waals surface area contributed by atoms with Crippen molar-refractivity contribution in [2.45, 2.75) is 32.7 Å². The molecule has 0 fully saturated rings. The molecular weight excluding hydrogens is 340 g/mol. The fraction of sp³-hybridized carbons (Fsp3) is 0.364. The Kier molecular flexibility index (Phi) is 8.36. The second-order valence-electron chi connectivity index (χ2n) is 6.24. The van der Waals surface area contributed by atoms with Crippen molar-refractivity contribution in [1.29, 1.82) is 0 Å². The molecule has 2 aromatic rings. The van der Waals surface area contributed by atoms with Crippen molar-refractivity contribution < 1.29 is 14.3 Å². The predicted molar refractivity (Wildman–Crippen MR) is 107 cm³/mol. The molecule has 0 aromatic heterocycles. The van der Waals surface area contributed by atoms with E-state index in [0.717, 1.165) is 5.56 Å². The Morgan fingerprint density at radius 2 is 1.63 bits per heavy atom. The molecule has 0 saturated carbocycles. The van der Waals surface area contributed by atoms with Crippen LogP contribution in [0.4, 0.5) is 0 Å². The minimum Gasteiger partial charge on any atom is -0.484 e. The molecule has 1 atom stereocenters. The predicted octanol–water partition coefficient (Wildman–Crippen LogP) is 3.05. The van der Waals surface area contributed by atoms with Crippen molar-refractivity contribution in [2.75, 3.05) is 19.7 Å². The average Bonchev–Trinajstić information content (AvgIpc) is 2.71. The second kappa shape index (κ2) is 11.0. The summed E-state index contributed by atoms with van der Waals surface area (Å²) in [4.78, 5) is 27.0. The number of ether oxygens (including phenoxy) is 1. The van der Waals surface area contributed by atoms with Crippen LogP contribution in [0.15, 0.2) is 60.7 Å². The topological polar surface area (TPSA) is 58.6 Å². The van der Waals surface area contributed by atoms with Crippen LogP contribution >= 0.6 is 0 Å². The maximum Gasteiger partial charge on any atom is 0.261 e. The highest BCUT2D eigenvalue weighted by molar-refractivity contribution is 5.88. The summed E-state index contributed by atoms with van der Waals surface area (Å²) in [7, 11) is 0. The summed E-state index contributed by atoms with van der Waals surface area (Å²) in [6.07, 6.45) is 1.24. The Bertz CT molecular complexity index is 704. The van der Waals surface area contributed by atoms with Gasteiger partial charge >= 0.3 is 0 Å². The lowest BCUT2D eigenvalue weighted by molar-refractivity contribution is -0.142.